The number of nitrogen functional groups attached to an aromatic ring is 1. The van der Waals surface area contributed by atoms with Crippen molar-refractivity contribution in [1.29, 1.82) is 0 Å². The molecule has 2 rings (SSSR count). The third kappa shape index (κ3) is 3.14. The largest absolute Gasteiger partial charge is 0.399 e. The van der Waals surface area contributed by atoms with Gasteiger partial charge in [0.1, 0.15) is 0 Å². The number of hydrogen-bond donors (Lipinski definition) is 2. The van der Waals surface area contributed by atoms with Gasteiger partial charge in [-0.2, -0.15) is 11.8 Å². The van der Waals surface area contributed by atoms with E-state index in [2.05, 4.69) is 30.6 Å². The highest BCUT2D eigenvalue weighted by Crippen LogP contribution is 2.38. The highest BCUT2D eigenvalue weighted by atomic mass is 32.2. The fourth-order valence-electron chi connectivity index (χ4n) is 2.70. The van der Waals surface area contributed by atoms with Crippen LogP contribution in [0.3, 0.4) is 0 Å². The van der Waals surface area contributed by atoms with Crippen molar-refractivity contribution in [2.24, 2.45) is 0 Å². The molecule has 1 saturated carbocycles. The Hall–Kier alpha value is -0.830. The van der Waals surface area contributed by atoms with Crippen LogP contribution in [-0.2, 0) is 0 Å². The van der Waals surface area contributed by atoms with Gasteiger partial charge in [-0.3, -0.25) is 0 Å². The highest BCUT2D eigenvalue weighted by molar-refractivity contribution is 8.00. The summed E-state index contributed by atoms with van der Waals surface area (Å²) in [6.45, 7) is 3.13. The second-order valence-corrected chi connectivity index (χ2v) is 6.65. The van der Waals surface area contributed by atoms with Crippen molar-refractivity contribution >= 4 is 23.1 Å². The van der Waals surface area contributed by atoms with Crippen molar-refractivity contribution in [3.8, 4) is 0 Å². The Bertz CT molecular complexity index is 397. The summed E-state index contributed by atoms with van der Waals surface area (Å²) in [5, 5.41) is 3.60. The SMILES string of the molecule is CSC1(CNc2ccc(N)c(C)c2)CCCCC1. The Morgan fingerprint density at radius 3 is 2.61 bits per heavy atom. The molecule has 1 fully saturated rings. The van der Waals surface area contributed by atoms with Gasteiger partial charge in [-0.1, -0.05) is 19.3 Å². The van der Waals surface area contributed by atoms with E-state index in [0.717, 1.165) is 17.8 Å². The second-order valence-electron chi connectivity index (χ2n) is 5.37. The molecular weight excluding hydrogens is 240 g/mol. The molecule has 1 aliphatic rings. The fourth-order valence-corrected chi connectivity index (χ4v) is 3.61. The molecule has 1 aromatic rings. The van der Waals surface area contributed by atoms with Crippen molar-refractivity contribution in [1.82, 2.24) is 0 Å². The molecule has 0 unspecified atom stereocenters. The number of nitrogens with two attached hydrogens (primary N) is 1. The first kappa shape index (κ1) is 13.6. The third-order valence-corrected chi connectivity index (χ3v) is 5.50. The molecule has 1 aliphatic carbocycles. The third-order valence-electron chi connectivity index (χ3n) is 4.08. The number of benzene rings is 1. The number of aryl methyl sites for hydroxylation is 1. The molecule has 0 aromatic heterocycles. The second kappa shape index (κ2) is 5.87. The van der Waals surface area contributed by atoms with Crippen LogP contribution in [0.15, 0.2) is 18.2 Å². The quantitative estimate of drug-likeness (QED) is 0.806. The van der Waals surface area contributed by atoms with Gasteiger partial charge in [0, 0.05) is 22.7 Å². The average Bonchev–Trinajstić information content (AvgIpc) is 2.41. The zero-order chi connectivity index (χ0) is 13.0. The summed E-state index contributed by atoms with van der Waals surface area (Å²) in [5.74, 6) is 0. The van der Waals surface area contributed by atoms with E-state index in [4.69, 9.17) is 5.73 Å². The summed E-state index contributed by atoms with van der Waals surface area (Å²) < 4.78 is 0.438. The summed E-state index contributed by atoms with van der Waals surface area (Å²) in [5.41, 5.74) is 9.07. The van der Waals surface area contributed by atoms with Crippen LogP contribution in [-0.4, -0.2) is 17.5 Å². The van der Waals surface area contributed by atoms with E-state index >= 15 is 0 Å². The van der Waals surface area contributed by atoms with Crippen LogP contribution in [0.1, 0.15) is 37.7 Å². The van der Waals surface area contributed by atoms with Gasteiger partial charge in [0.15, 0.2) is 0 Å². The Kier molecular flexibility index (Phi) is 4.44. The number of rotatable bonds is 4. The van der Waals surface area contributed by atoms with Crippen LogP contribution in [0, 0.1) is 6.92 Å². The predicted molar refractivity (Wildman–Crippen MR) is 83.4 cm³/mol. The molecule has 0 aliphatic heterocycles. The first-order chi connectivity index (χ1) is 8.65. The van der Waals surface area contributed by atoms with Crippen LogP contribution < -0.4 is 11.1 Å². The van der Waals surface area contributed by atoms with E-state index < -0.39 is 0 Å². The summed E-state index contributed by atoms with van der Waals surface area (Å²) in [6, 6.07) is 6.22. The van der Waals surface area contributed by atoms with Crippen LogP contribution in [0.4, 0.5) is 11.4 Å². The van der Waals surface area contributed by atoms with Gasteiger partial charge >= 0.3 is 0 Å². The molecule has 100 valence electrons. The summed E-state index contributed by atoms with van der Waals surface area (Å²) in [7, 11) is 0. The zero-order valence-corrected chi connectivity index (χ0v) is 12.3. The summed E-state index contributed by atoms with van der Waals surface area (Å²) in [4.78, 5) is 0. The molecule has 0 amide bonds. The molecule has 1 aromatic carbocycles. The lowest BCUT2D eigenvalue weighted by Gasteiger charge is -2.36. The molecule has 2 nitrogen and oxygen atoms in total. The Balaban J connectivity index is 1.98. The molecule has 3 heteroatoms. The van der Waals surface area contributed by atoms with Gasteiger partial charge in [0.05, 0.1) is 0 Å². The molecule has 0 spiro atoms. The van der Waals surface area contributed by atoms with E-state index in [-0.39, 0.29) is 0 Å². The molecular formula is C15H24N2S. The Morgan fingerprint density at radius 2 is 2.00 bits per heavy atom. The summed E-state index contributed by atoms with van der Waals surface area (Å²) in [6.07, 6.45) is 9.10. The van der Waals surface area contributed by atoms with Crippen molar-refractivity contribution < 1.29 is 0 Å². The minimum Gasteiger partial charge on any atom is -0.399 e. The molecule has 3 N–H and O–H groups in total. The molecule has 0 saturated heterocycles. The summed E-state index contributed by atoms with van der Waals surface area (Å²) >= 11 is 2.03. The normalized spacial score (nSPS) is 18.6. The lowest BCUT2D eigenvalue weighted by Crippen LogP contribution is -2.35. The van der Waals surface area contributed by atoms with E-state index in [9.17, 15) is 0 Å². The van der Waals surface area contributed by atoms with Crippen molar-refractivity contribution in [2.45, 2.75) is 43.8 Å². The predicted octanol–water partition coefficient (Wildman–Crippen LogP) is 4.06. The molecule has 0 bridgehead atoms. The minimum absolute atomic E-state index is 0.438. The Labute approximate surface area is 115 Å². The topological polar surface area (TPSA) is 38.0 Å². The van der Waals surface area contributed by atoms with Gasteiger partial charge in [-0.15, -0.1) is 0 Å². The first-order valence-electron chi connectivity index (χ1n) is 6.80. The molecule has 0 heterocycles. The minimum atomic E-state index is 0.438. The molecule has 0 radical (unpaired) electrons. The lowest BCUT2D eigenvalue weighted by atomic mass is 9.88. The van der Waals surface area contributed by atoms with Crippen molar-refractivity contribution in [3.63, 3.8) is 0 Å². The highest BCUT2D eigenvalue weighted by Gasteiger charge is 2.30. The maximum atomic E-state index is 5.85. The first-order valence-corrected chi connectivity index (χ1v) is 8.03. The molecule has 18 heavy (non-hydrogen) atoms. The van der Waals surface area contributed by atoms with Crippen LogP contribution in [0.2, 0.25) is 0 Å². The van der Waals surface area contributed by atoms with Gasteiger partial charge in [-0.25, -0.2) is 0 Å². The number of anilines is 2. The van der Waals surface area contributed by atoms with Crippen LogP contribution in [0.5, 0.6) is 0 Å². The maximum absolute atomic E-state index is 5.85. The van der Waals surface area contributed by atoms with Gasteiger partial charge < -0.3 is 11.1 Å². The van der Waals surface area contributed by atoms with Gasteiger partial charge in [-0.05, 0) is 49.8 Å². The van der Waals surface area contributed by atoms with Crippen molar-refractivity contribution in [3.05, 3.63) is 23.8 Å². The van der Waals surface area contributed by atoms with Crippen LogP contribution in [0.25, 0.3) is 0 Å². The number of thioether (sulfide) groups is 1. The number of nitrogens with one attached hydrogen (secondary N) is 1. The fraction of sp³-hybridized carbons (Fsp3) is 0.600. The van der Waals surface area contributed by atoms with Crippen molar-refractivity contribution in [2.75, 3.05) is 23.9 Å². The Morgan fingerprint density at radius 1 is 1.28 bits per heavy atom. The maximum Gasteiger partial charge on any atom is 0.0345 e. The number of hydrogen-bond acceptors (Lipinski definition) is 3. The standard InChI is InChI=1S/C15H24N2S/c1-12-10-13(6-7-14(12)16)17-11-15(18-2)8-4-3-5-9-15/h6-7,10,17H,3-5,8-9,11,16H2,1-2H3. The van der Waals surface area contributed by atoms with Crippen LogP contribution >= 0.6 is 11.8 Å². The van der Waals surface area contributed by atoms with E-state index in [1.165, 1.54) is 37.8 Å². The lowest BCUT2D eigenvalue weighted by molar-refractivity contribution is 0.411. The van der Waals surface area contributed by atoms with Gasteiger partial charge in [0.25, 0.3) is 0 Å². The van der Waals surface area contributed by atoms with E-state index in [1.54, 1.807) is 0 Å². The molecule has 0 atom stereocenters. The van der Waals surface area contributed by atoms with Gasteiger partial charge in [0.2, 0.25) is 0 Å². The zero-order valence-electron chi connectivity index (χ0n) is 11.5. The average molecular weight is 264 g/mol. The monoisotopic (exact) mass is 264 g/mol. The van der Waals surface area contributed by atoms with E-state index in [0.29, 0.717) is 4.75 Å². The van der Waals surface area contributed by atoms with E-state index in [1.807, 2.05) is 17.8 Å². The smallest absolute Gasteiger partial charge is 0.0345 e.